The molecule has 0 unspecified atom stereocenters. The molecule has 0 aliphatic rings. The lowest BCUT2D eigenvalue weighted by atomic mass is 10.2. The van der Waals surface area contributed by atoms with E-state index in [1.54, 1.807) is 31.5 Å². The Bertz CT molecular complexity index is 776. The number of hydrogen-bond donors (Lipinski definition) is 2. The van der Waals surface area contributed by atoms with Crippen molar-refractivity contribution in [1.29, 1.82) is 5.26 Å². The fourth-order valence-electron chi connectivity index (χ4n) is 2.00. The van der Waals surface area contributed by atoms with Crippen LogP contribution in [0.5, 0.6) is 0 Å². The quantitative estimate of drug-likeness (QED) is 0.750. The average molecular weight is 300 g/mol. The highest BCUT2D eigenvalue weighted by Gasteiger charge is 2.09. The molecular weight excluding hydrogens is 284 g/mol. The zero-order valence-electron chi connectivity index (χ0n) is 12.1. The number of nitrogens with one attached hydrogen (secondary N) is 2. The minimum atomic E-state index is -0.306. The van der Waals surface area contributed by atoms with Gasteiger partial charge in [-0.25, -0.2) is 0 Å². The Morgan fingerprint density at radius 1 is 1.45 bits per heavy atom. The SMILES string of the molecule is COCCNC(=O)CNc1cc(C#N)c2ccccn2c1=O. The Morgan fingerprint density at radius 2 is 2.27 bits per heavy atom. The number of nitrogens with zero attached hydrogens (tertiary/aromatic N) is 2. The molecule has 0 aliphatic heterocycles. The van der Waals surface area contributed by atoms with Gasteiger partial charge in [-0.05, 0) is 18.2 Å². The van der Waals surface area contributed by atoms with Crippen LogP contribution >= 0.6 is 0 Å². The molecular formula is C15H16N4O3. The lowest BCUT2D eigenvalue weighted by Crippen LogP contribution is -2.33. The van der Waals surface area contributed by atoms with Crippen molar-refractivity contribution in [3.8, 4) is 6.07 Å². The van der Waals surface area contributed by atoms with Crippen molar-refractivity contribution in [2.24, 2.45) is 0 Å². The first kappa shape index (κ1) is 15.5. The van der Waals surface area contributed by atoms with Gasteiger partial charge in [0.1, 0.15) is 11.8 Å². The zero-order valence-corrected chi connectivity index (χ0v) is 12.1. The van der Waals surface area contributed by atoms with Gasteiger partial charge in [0.15, 0.2) is 0 Å². The summed E-state index contributed by atoms with van der Waals surface area (Å²) < 4.78 is 6.21. The van der Waals surface area contributed by atoms with E-state index in [9.17, 15) is 14.9 Å². The maximum Gasteiger partial charge on any atom is 0.278 e. The van der Waals surface area contributed by atoms with E-state index in [0.29, 0.717) is 24.2 Å². The van der Waals surface area contributed by atoms with E-state index in [1.165, 1.54) is 10.5 Å². The van der Waals surface area contributed by atoms with Crippen molar-refractivity contribution in [3.05, 3.63) is 46.4 Å². The molecule has 0 aromatic carbocycles. The average Bonchev–Trinajstić information content (AvgIpc) is 2.55. The van der Waals surface area contributed by atoms with E-state index in [2.05, 4.69) is 16.7 Å². The molecule has 0 aliphatic carbocycles. The molecule has 0 fully saturated rings. The van der Waals surface area contributed by atoms with E-state index >= 15 is 0 Å². The van der Waals surface area contributed by atoms with Crippen LogP contribution in [0.2, 0.25) is 0 Å². The number of anilines is 1. The first-order chi connectivity index (χ1) is 10.7. The van der Waals surface area contributed by atoms with Gasteiger partial charge in [0.05, 0.1) is 24.2 Å². The van der Waals surface area contributed by atoms with Gasteiger partial charge in [-0.3, -0.25) is 14.0 Å². The number of nitriles is 1. The van der Waals surface area contributed by atoms with Crippen molar-refractivity contribution in [1.82, 2.24) is 9.72 Å². The molecule has 0 spiro atoms. The number of carbonyl (C=O) groups is 1. The standard InChI is InChI=1S/C15H16N4O3/c1-22-7-5-17-14(20)10-18-12-8-11(9-16)13-4-2-3-6-19(13)15(12)21/h2-4,6,8,18H,5,7,10H2,1H3,(H,17,20). The van der Waals surface area contributed by atoms with Crippen LogP contribution in [-0.4, -0.2) is 37.1 Å². The molecule has 0 radical (unpaired) electrons. The van der Waals surface area contributed by atoms with Crippen LogP contribution in [0.4, 0.5) is 5.69 Å². The van der Waals surface area contributed by atoms with Crippen molar-refractivity contribution in [2.45, 2.75) is 0 Å². The summed E-state index contributed by atoms with van der Waals surface area (Å²) >= 11 is 0. The van der Waals surface area contributed by atoms with Gasteiger partial charge in [-0.1, -0.05) is 6.07 Å². The van der Waals surface area contributed by atoms with Crippen molar-refractivity contribution in [2.75, 3.05) is 32.1 Å². The molecule has 0 atom stereocenters. The van der Waals surface area contributed by atoms with E-state index in [0.717, 1.165) is 0 Å². The van der Waals surface area contributed by atoms with Gasteiger partial charge in [-0.2, -0.15) is 5.26 Å². The summed E-state index contributed by atoms with van der Waals surface area (Å²) in [6, 6.07) is 8.67. The van der Waals surface area contributed by atoms with Gasteiger partial charge in [0, 0.05) is 19.9 Å². The van der Waals surface area contributed by atoms with Crippen LogP contribution in [0.25, 0.3) is 5.52 Å². The van der Waals surface area contributed by atoms with Gasteiger partial charge in [0.2, 0.25) is 5.91 Å². The predicted octanol–water partition coefficient (Wildman–Crippen LogP) is 0.346. The fraction of sp³-hybridized carbons (Fsp3) is 0.267. The maximum absolute atomic E-state index is 12.3. The molecule has 0 saturated heterocycles. The van der Waals surface area contributed by atoms with E-state index in [-0.39, 0.29) is 23.7 Å². The Balaban J connectivity index is 2.18. The Hall–Kier alpha value is -2.85. The molecule has 0 saturated carbocycles. The van der Waals surface area contributed by atoms with Crippen molar-refractivity contribution < 1.29 is 9.53 Å². The Morgan fingerprint density at radius 3 is 3.00 bits per heavy atom. The number of hydrogen-bond acceptors (Lipinski definition) is 5. The summed E-state index contributed by atoms with van der Waals surface area (Å²) in [5.74, 6) is -0.256. The lowest BCUT2D eigenvalue weighted by molar-refractivity contribution is -0.119. The number of methoxy groups -OCH3 is 1. The third kappa shape index (κ3) is 3.42. The van der Waals surface area contributed by atoms with E-state index in [4.69, 9.17) is 4.74 Å². The predicted molar refractivity (Wildman–Crippen MR) is 81.8 cm³/mol. The maximum atomic E-state index is 12.3. The highest BCUT2D eigenvalue weighted by atomic mass is 16.5. The highest BCUT2D eigenvalue weighted by Crippen LogP contribution is 2.11. The van der Waals surface area contributed by atoms with Crippen LogP contribution in [0.1, 0.15) is 5.56 Å². The monoisotopic (exact) mass is 300 g/mol. The van der Waals surface area contributed by atoms with Crippen molar-refractivity contribution >= 4 is 17.1 Å². The number of carbonyl (C=O) groups excluding carboxylic acids is 1. The molecule has 2 aromatic rings. The minimum Gasteiger partial charge on any atom is -0.383 e. The number of pyridine rings is 2. The number of aromatic nitrogens is 1. The van der Waals surface area contributed by atoms with Gasteiger partial charge < -0.3 is 15.4 Å². The summed E-state index contributed by atoms with van der Waals surface area (Å²) in [4.78, 5) is 23.9. The molecule has 114 valence electrons. The summed E-state index contributed by atoms with van der Waals surface area (Å²) in [5.41, 5.74) is 0.800. The van der Waals surface area contributed by atoms with E-state index < -0.39 is 0 Å². The summed E-state index contributed by atoms with van der Waals surface area (Å²) in [6.45, 7) is 0.767. The first-order valence-corrected chi connectivity index (χ1v) is 6.71. The number of fused-ring (bicyclic) bond motifs is 1. The summed E-state index contributed by atoms with van der Waals surface area (Å²) in [6.07, 6.45) is 1.59. The van der Waals surface area contributed by atoms with Crippen molar-refractivity contribution in [3.63, 3.8) is 0 Å². The van der Waals surface area contributed by atoms with Gasteiger partial charge >= 0.3 is 0 Å². The normalized spacial score (nSPS) is 10.2. The topological polar surface area (TPSA) is 95.6 Å². The molecule has 2 N–H and O–H groups in total. The first-order valence-electron chi connectivity index (χ1n) is 6.71. The zero-order chi connectivity index (χ0) is 15.9. The number of ether oxygens (including phenoxy) is 1. The molecule has 1 amide bonds. The summed E-state index contributed by atoms with van der Waals surface area (Å²) in [5, 5.41) is 14.6. The Labute approximate surface area is 127 Å². The third-order valence-electron chi connectivity index (χ3n) is 3.06. The van der Waals surface area contributed by atoms with E-state index in [1.807, 2.05) is 0 Å². The molecule has 22 heavy (non-hydrogen) atoms. The molecule has 2 aromatic heterocycles. The smallest absolute Gasteiger partial charge is 0.278 e. The number of amides is 1. The van der Waals surface area contributed by atoms with Gasteiger partial charge in [0.25, 0.3) is 5.56 Å². The largest absolute Gasteiger partial charge is 0.383 e. The Kier molecular flexibility index (Phi) is 5.11. The van der Waals surface area contributed by atoms with Gasteiger partial charge in [-0.15, -0.1) is 0 Å². The molecule has 0 bridgehead atoms. The number of rotatable bonds is 6. The lowest BCUT2D eigenvalue weighted by Gasteiger charge is -2.09. The molecule has 2 rings (SSSR count). The second-order valence-corrected chi connectivity index (χ2v) is 4.54. The van der Waals surface area contributed by atoms with Crippen LogP contribution in [-0.2, 0) is 9.53 Å². The molecule has 2 heterocycles. The highest BCUT2D eigenvalue weighted by molar-refractivity contribution is 5.81. The van der Waals surface area contributed by atoms with Crippen LogP contribution in [0.3, 0.4) is 0 Å². The van der Waals surface area contributed by atoms with Crippen LogP contribution < -0.4 is 16.2 Å². The summed E-state index contributed by atoms with van der Waals surface area (Å²) in [7, 11) is 1.55. The minimum absolute atomic E-state index is 0.0529. The second kappa shape index (κ2) is 7.24. The van der Waals surface area contributed by atoms with Crippen LogP contribution in [0.15, 0.2) is 35.3 Å². The molecule has 7 nitrogen and oxygen atoms in total. The van der Waals surface area contributed by atoms with Crippen LogP contribution in [0, 0.1) is 11.3 Å². The third-order valence-corrected chi connectivity index (χ3v) is 3.06. The molecule has 7 heteroatoms. The fourth-order valence-corrected chi connectivity index (χ4v) is 2.00. The second-order valence-electron chi connectivity index (χ2n) is 4.54.